The number of hydrogen-bond acceptors (Lipinski definition) is 3. The first kappa shape index (κ1) is 14.6. The molecule has 0 radical (unpaired) electrons. The van der Waals surface area contributed by atoms with E-state index in [9.17, 15) is 0 Å². The van der Waals surface area contributed by atoms with Crippen molar-refractivity contribution >= 4 is 17.4 Å². The molecule has 0 saturated heterocycles. The highest BCUT2D eigenvalue weighted by Gasteiger charge is 2.30. The summed E-state index contributed by atoms with van der Waals surface area (Å²) < 4.78 is 0. The van der Waals surface area contributed by atoms with Crippen LogP contribution < -0.4 is 10.2 Å². The molecule has 1 fully saturated rings. The molecule has 1 aliphatic carbocycles. The minimum atomic E-state index is 0.690. The van der Waals surface area contributed by atoms with Crippen molar-refractivity contribution in [3.8, 4) is 0 Å². The van der Waals surface area contributed by atoms with Crippen molar-refractivity contribution in [3.05, 3.63) is 22.8 Å². The first-order valence-corrected chi connectivity index (χ1v) is 7.56. The number of pyridine rings is 1. The number of nitrogens with zero attached hydrogens (tertiary/aromatic N) is 2. The van der Waals surface area contributed by atoms with E-state index in [0.29, 0.717) is 6.04 Å². The maximum Gasteiger partial charge on any atom is 0.129 e. The van der Waals surface area contributed by atoms with Crippen LogP contribution in [0, 0.1) is 5.92 Å². The maximum absolute atomic E-state index is 6.18. The molecule has 1 heterocycles. The summed E-state index contributed by atoms with van der Waals surface area (Å²) in [6.45, 7) is 6.35. The maximum atomic E-state index is 6.18. The highest BCUT2D eigenvalue weighted by Crippen LogP contribution is 2.32. The molecule has 0 aliphatic heterocycles. The molecule has 1 aromatic rings. The molecule has 106 valence electrons. The highest BCUT2D eigenvalue weighted by atomic mass is 35.5. The fourth-order valence-corrected chi connectivity index (χ4v) is 2.36. The average Bonchev–Trinajstić information content (AvgIpc) is 3.17. The van der Waals surface area contributed by atoms with E-state index in [2.05, 4.69) is 30.1 Å². The van der Waals surface area contributed by atoms with Crippen LogP contribution >= 0.6 is 11.6 Å². The van der Waals surface area contributed by atoms with Crippen molar-refractivity contribution in [2.24, 2.45) is 5.92 Å². The van der Waals surface area contributed by atoms with Crippen LogP contribution in [0.4, 0.5) is 5.82 Å². The molecule has 2 rings (SSSR count). The summed E-state index contributed by atoms with van der Waals surface area (Å²) >= 11 is 6.18. The Morgan fingerprint density at radius 2 is 2.16 bits per heavy atom. The van der Waals surface area contributed by atoms with Crippen LogP contribution in [-0.2, 0) is 6.54 Å². The van der Waals surface area contributed by atoms with Gasteiger partial charge in [-0.05, 0) is 44.4 Å². The van der Waals surface area contributed by atoms with Crippen LogP contribution in [-0.4, -0.2) is 24.6 Å². The van der Waals surface area contributed by atoms with Gasteiger partial charge in [-0.1, -0.05) is 25.4 Å². The van der Waals surface area contributed by atoms with Gasteiger partial charge in [0.25, 0.3) is 0 Å². The van der Waals surface area contributed by atoms with Crippen molar-refractivity contribution < 1.29 is 0 Å². The zero-order valence-electron chi connectivity index (χ0n) is 12.1. The summed E-state index contributed by atoms with van der Waals surface area (Å²) in [6, 6.07) is 4.72. The number of anilines is 1. The van der Waals surface area contributed by atoms with Crippen molar-refractivity contribution in [1.29, 1.82) is 0 Å². The molecule has 0 unspecified atom stereocenters. The average molecular weight is 282 g/mol. The van der Waals surface area contributed by atoms with Gasteiger partial charge in [0.2, 0.25) is 0 Å². The zero-order valence-corrected chi connectivity index (χ0v) is 12.9. The number of aromatic nitrogens is 1. The second kappa shape index (κ2) is 6.58. The van der Waals surface area contributed by atoms with Crippen LogP contribution in [0.5, 0.6) is 0 Å². The predicted octanol–water partition coefficient (Wildman–Crippen LogP) is 3.47. The standard InChI is InChI=1S/C15H24ClN3/c1-11(2)8-9-19(12-4-5-12)15-7-6-13(16)14(18-15)10-17-3/h6-7,11-12,17H,4-5,8-10H2,1-3H3. The largest absolute Gasteiger partial charge is 0.354 e. The quantitative estimate of drug-likeness (QED) is 0.829. The molecule has 4 heteroatoms. The summed E-state index contributed by atoms with van der Waals surface area (Å²) in [7, 11) is 1.92. The molecule has 3 nitrogen and oxygen atoms in total. The van der Waals surface area contributed by atoms with Crippen molar-refractivity contribution in [2.75, 3.05) is 18.5 Å². The zero-order chi connectivity index (χ0) is 13.8. The van der Waals surface area contributed by atoms with E-state index >= 15 is 0 Å². The monoisotopic (exact) mass is 281 g/mol. The Bertz CT molecular complexity index is 416. The van der Waals surface area contributed by atoms with Crippen LogP contribution in [0.2, 0.25) is 5.02 Å². The second-order valence-corrected chi connectivity index (χ2v) is 6.14. The van der Waals surface area contributed by atoms with E-state index in [1.54, 1.807) is 0 Å². The molecule has 0 atom stereocenters. The summed E-state index contributed by atoms with van der Waals surface area (Å²) in [5.41, 5.74) is 0.942. The molecule has 19 heavy (non-hydrogen) atoms. The molecule has 0 bridgehead atoms. The fourth-order valence-electron chi connectivity index (χ4n) is 2.19. The van der Waals surface area contributed by atoms with Gasteiger partial charge in [-0.15, -0.1) is 0 Å². The SMILES string of the molecule is CNCc1nc(N(CCC(C)C)C2CC2)ccc1Cl. The third-order valence-corrected chi connectivity index (χ3v) is 3.82. The van der Waals surface area contributed by atoms with Gasteiger partial charge in [0.05, 0.1) is 10.7 Å². The van der Waals surface area contributed by atoms with E-state index in [0.717, 1.165) is 35.5 Å². The lowest BCUT2D eigenvalue weighted by atomic mass is 10.1. The third kappa shape index (κ3) is 4.08. The Kier molecular flexibility index (Phi) is 5.06. The summed E-state index contributed by atoms with van der Waals surface area (Å²) in [5, 5.41) is 3.87. The lowest BCUT2D eigenvalue weighted by Gasteiger charge is -2.25. The van der Waals surface area contributed by atoms with Crippen molar-refractivity contribution in [3.63, 3.8) is 0 Å². The Morgan fingerprint density at radius 1 is 1.42 bits per heavy atom. The molecule has 1 saturated carbocycles. The van der Waals surface area contributed by atoms with Gasteiger partial charge in [-0.2, -0.15) is 0 Å². The smallest absolute Gasteiger partial charge is 0.129 e. The lowest BCUT2D eigenvalue weighted by molar-refractivity contribution is 0.568. The van der Waals surface area contributed by atoms with Crippen LogP contribution in [0.25, 0.3) is 0 Å². The molecule has 0 amide bonds. The second-order valence-electron chi connectivity index (χ2n) is 5.74. The number of hydrogen-bond donors (Lipinski definition) is 1. The minimum absolute atomic E-state index is 0.690. The molecule has 1 N–H and O–H groups in total. The van der Waals surface area contributed by atoms with Gasteiger partial charge < -0.3 is 10.2 Å². The minimum Gasteiger partial charge on any atom is -0.354 e. The Balaban J connectivity index is 2.14. The molecule has 0 spiro atoms. The fraction of sp³-hybridized carbons (Fsp3) is 0.667. The lowest BCUT2D eigenvalue weighted by Crippen LogP contribution is -2.29. The third-order valence-electron chi connectivity index (χ3n) is 3.48. The number of halogens is 1. The predicted molar refractivity (Wildman–Crippen MR) is 81.8 cm³/mol. The first-order valence-electron chi connectivity index (χ1n) is 7.18. The highest BCUT2D eigenvalue weighted by molar-refractivity contribution is 6.31. The molecular weight excluding hydrogens is 258 g/mol. The van der Waals surface area contributed by atoms with E-state index in [4.69, 9.17) is 16.6 Å². The Hall–Kier alpha value is -0.800. The Labute approximate surface area is 121 Å². The van der Waals surface area contributed by atoms with E-state index in [-0.39, 0.29) is 0 Å². The van der Waals surface area contributed by atoms with Gasteiger partial charge in [-0.3, -0.25) is 0 Å². The summed E-state index contributed by atoms with van der Waals surface area (Å²) in [4.78, 5) is 7.19. The van der Waals surface area contributed by atoms with E-state index in [1.165, 1.54) is 19.3 Å². The van der Waals surface area contributed by atoms with Gasteiger partial charge in [0.1, 0.15) is 5.82 Å². The van der Waals surface area contributed by atoms with Gasteiger partial charge in [0.15, 0.2) is 0 Å². The van der Waals surface area contributed by atoms with E-state index in [1.807, 2.05) is 13.1 Å². The number of rotatable bonds is 7. The molecular formula is C15H24ClN3. The first-order chi connectivity index (χ1) is 9.11. The van der Waals surface area contributed by atoms with Crippen LogP contribution in [0.1, 0.15) is 38.8 Å². The van der Waals surface area contributed by atoms with Crippen molar-refractivity contribution in [2.45, 2.75) is 45.7 Å². The molecule has 0 aromatic carbocycles. The van der Waals surface area contributed by atoms with Crippen LogP contribution in [0.15, 0.2) is 12.1 Å². The summed E-state index contributed by atoms with van der Waals surface area (Å²) in [6.07, 6.45) is 3.80. The van der Waals surface area contributed by atoms with Crippen molar-refractivity contribution in [1.82, 2.24) is 10.3 Å². The van der Waals surface area contributed by atoms with Gasteiger partial charge in [-0.25, -0.2) is 4.98 Å². The Morgan fingerprint density at radius 3 is 2.74 bits per heavy atom. The molecule has 1 aliphatic rings. The normalized spacial score (nSPS) is 15.0. The van der Waals surface area contributed by atoms with Crippen LogP contribution in [0.3, 0.4) is 0 Å². The topological polar surface area (TPSA) is 28.2 Å². The van der Waals surface area contributed by atoms with Gasteiger partial charge >= 0.3 is 0 Å². The molecule has 1 aromatic heterocycles. The summed E-state index contributed by atoms with van der Waals surface area (Å²) in [5.74, 6) is 1.81. The van der Waals surface area contributed by atoms with Gasteiger partial charge in [0, 0.05) is 19.1 Å². The number of nitrogens with one attached hydrogen (secondary N) is 1. The van der Waals surface area contributed by atoms with E-state index < -0.39 is 0 Å².